The molecule has 0 bridgehead atoms. The molecule has 0 saturated heterocycles. The van der Waals surface area contributed by atoms with Gasteiger partial charge in [-0.2, -0.15) is 5.10 Å². The molecule has 0 unspecified atom stereocenters. The number of nitrogens with two attached hydrogens (primary N) is 1. The Bertz CT molecular complexity index is 440. The van der Waals surface area contributed by atoms with Crippen molar-refractivity contribution >= 4 is 5.69 Å². The van der Waals surface area contributed by atoms with Crippen LogP contribution in [0, 0.1) is 13.8 Å². The molecule has 0 amide bonds. The summed E-state index contributed by atoms with van der Waals surface area (Å²) in [6.07, 6.45) is 0. The molecule has 0 aliphatic rings. The number of aromatic amines is 1. The largest absolute Gasteiger partial charge is 0.395 e. The highest BCUT2D eigenvalue weighted by atomic mass is 15.1. The van der Waals surface area contributed by atoms with Gasteiger partial charge in [-0.05, 0) is 13.8 Å². The molecule has 3 heteroatoms. The van der Waals surface area contributed by atoms with Crippen molar-refractivity contribution < 1.29 is 0 Å². The normalized spacial score (nSPS) is 10.4. The maximum absolute atomic E-state index is 5.88. The van der Waals surface area contributed by atoms with E-state index >= 15 is 0 Å². The first kappa shape index (κ1) is 8.81. The van der Waals surface area contributed by atoms with Gasteiger partial charge >= 0.3 is 0 Å². The molecule has 1 aromatic heterocycles. The number of rotatable bonds is 1. The van der Waals surface area contributed by atoms with Gasteiger partial charge in [0.15, 0.2) is 0 Å². The number of anilines is 1. The van der Waals surface area contributed by atoms with E-state index in [1.807, 2.05) is 19.1 Å². The predicted molar refractivity (Wildman–Crippen MR) is 57.9 cm³/mol. The van der Waals surface area contributed by atoms with Gasteiger partial charge in [0.2, 0.25) is 0 Å². The summed E-state index contributed by atoms with van der Waals surface area (Å²) in [4.78, 5) is 0. The third-order valence-corrected chi connectivity index (χ3v) is 2.32. The van der Waals surface area contributed by atoms with Crippen LogP contribution in [0.5, 0.6) is 0 Å². The zero-order chi connectivity index (χ0) is 10.1. The minimum Gasteiger partial charge on any atom is -0.395 e. The lowest BCUT2D eigenvalue weighted by Gasteiger charge is -1.99. The zero-order valence-electron chi connectivity index (χ0n) is 8.33. The van der Waals surface area contributed by atoms with E-state index < -0.39 is 0 Å². The quantitative estimate of drug-likeness (QED) is 0.719. The predicted octanol–water partition coefficient (Wildman–Crippen LogP) is 2.28. The fraction of sp³-hybridized carbons (Fsp3) is 0.182. The Balaban J connectivity index is 2.49. The Labute approximate surface area is 83.0 Å². The lowest BCUT2D eigenvalue weighted by molar-refractivity contribution is 1.05. The van der Waals surface area contributed by atoms with Crippen LogP contribution in [0.4, 0.5) is 5.69 Å². The molecule has 3 N–H and O–H groups in total. The fourth-order valence-corrected chi connectivity index (χ4v) is 1.37. The topological polar surface area (TPSA) is 54.7 Å². The smallest absolute Gasteiger partial charge is 0.115 e. The third-order valence-electron chi connectivity index (χ3n) is 2.32. The van der Waals surface area contributed by atoms with Gasteiger partial charge in [0.05, 0.1) is 11.4 Å². The maximum atomic E-state index is 5.88. The molecule has 14 heavy (non-hydrogen) atoms. The summed E-state index contributed by atoms with van der Waals surface area (Å²) in [6, 6.07) is 8.17. The van der Waals surface area contributed by atoms with Gasteiger partial charge in [0, 0.05) is 5.56 Å². The molecule has 0 radical (unpaired) electrons. The SMILES string of the molecule is Cc1ccc(-c2n[nH]c(C)c2N)cc1. The zero-order valence-corrected chi connectivity index (χ0v) is 8.33. The van der Waals surface area contributed by atoms with E-state index in [1.165, 1.54) is 5.56 Å². The molecule has 3 nitrogen and oxygen atoms in total. The maximum Gasteiger partial charge on any atom is 0.115 e. The molecule has 0 saturated carbocycles. The molecule has 2 rings (SSSR count). The van der Waals surface area contributed by atoms with E-state index in [2.05, 4.69) is 29.3 Å². The van der Waals surface area contributed by atoms with Crippen LogP contribution in [0.3, 0.4) is 0 Å². The summed E-state index contributed by atoms with van der Waals surface area (Å²) in [5.41, 5.74) is 10.7. The van der Waals surface area contributed by atoms with Gasteiger partial charge in [0.1, 0.15) is 5.69 Å². The summed E-state index contributed by atoms with van der Waals surface area (Å²) >= 11 is 0. The number of hydrogen-bond donors (Lipinski definition) is 2. The number of benzene rings is 1. The summed E-state index contributed by atoms with van der Waals surface area (Å²) in [5, 5.41) is 7.04. The lowest BCUT2D eigenvalue weighted by Crippen LogP contribution is -1.88. The fourth-order valence-electron chi connectivity index (χ4n) is 1.37. The van der Waals surface area contributed by atoms with Gasteiger partial charge in [-0.3, -0.25) is 5.10 Å². The van der Waals surface area contributed by atoms with E-state index in [1.54, 1.807) is 0 Å². The number of nitrogens with one attached hydrogen (secondary N) is 1. The van der Waals surface area contributed by atoms with Gasteiger partial charge in [0.25, 0.3) is 0 Å². The summed E-state index contributed by atoms with van der Waals surface area (Å²) in [7, 11) is 0. The van der Waals surface area contributed by atoms with Crippen molar-refractivity contribution in [2.75, 3.05) is 5.73 Å². The molecule has 1 aromatic carbocycles. The third kappa shape index (κ3) is 1.37. The van der Waals surface area contributed by atoms with Crippen molar-refractivity contribution in [3.8, 4) is 11.3 Å². The van der Waals surface area contributed by atoms with Crippen LogP contribution in [-0.2, 0) is 0 Å². The summed E-state index contributed by atoms with van der Waals surface area (Å²) in [5.74, 6) is 0. The van der Waals surface area contributed by atoms with Crippen molar-refractivity contribution in [1.29, 1.82) is 0 Å². The first-order valence-electron chi connectivity index (χ1n) is 4.56. The van der Waals surface area contributed by atoms with E-state index in [0.29, 0.717) is 0 Å². The minimum atomic E-state index is 0.730. The molecule has 2 aromatic rings. The van der Waals surface area contributed by atoms with Crippen molar-refractivity contribution in [2.24, 2.45) is 0 Å². The molecule has 0 atom stereocenters. The molecular weight excluding hydrogens is 174 g/mol. The molecule has 0 spiro atoms. The van der Waals surface area contributed by atoms with Gasteiger partial charge in [-0.15, -0.1) is 0 Å². The Kier molecular flexibility index (Phi) is 2.00. The second-order valence-electron chi connectivity index (χ2n) is 3.48. The van der Waals surface area contributed by atoms with Crippen molar-refractivity contribution in [1.82, 2.24) is 10.2 Å². The Morgan fingerprint density at radius 1 is 1.14 bits per heavy atom. The van der Waals surface area contributed by atoms with E-state index in [9.17, 15) is 0 Å². The summed E-state index contributed by atoms with van der Waals surface area (Å²) < 4.78 is 0. The van der Waals surface area contributed by atoms with Gasteiger partial charge < -0.3 is 5.73 Å². The molecule has 72 valence electrons. The highest BCUT2D eigenvalue weighted by Gasteiger charge is 2.07. The Morgan fingerprint density at radius 2 is 1.79 bits per heavy atom. The Hall–Kier alpha value is -1.77. The van der Waals surface area contributed by atoms with E-state index in [-0.39, 0.29) is 0 Å². The van der Waals surface area contributed by atoms with Crippen LogP contribution >= 0.6 is 0 Å². The monoisotopic (exact) mass is 187 g/mol. The average molecular weight is 187 g/mol. The number of aryl methyl sites for hydroxylation is 2. The molecular formula is C11H13N3. The molecule has 0 aliphatic carbocycles. The van der Waals surface area contributed by atoms with Crippen molar-refractivity contribution in [3.63, 3.8) is 0 Å². The average Bonchev–Trinajstić information content (AvgIpc) is 2.50. The van der Waals surface area contributed by atoms with Crippen LogP contribution in [0.1, 0.15) is 11.3 Å². The standard InChI is InChI=1S/C11H13N3/c1-7-3-5-9(6-4-7)11-10(12)8(2)13-14-11/h3-6H,12H2,1-2H3,(H,13,14). The molecule has 0 fully saturated rings. The number of hydrogen-bond acceptors (Lipinski definition) is 2. The minimum absolute atomic E-state index is 0.730. The van der Waals surface area contributed by atoms with Crippen molar-refractivity contribution in [2.45, 2.75) is 13.8 Å². The van der Waals surface area contributed by atoms with Crippen LogP contribution in [0.15, 0.2) is 24.3 Å². The second-order valence-corrected chi connectivity index (χ2v) is 3.48. The lowest BCUT2D eigenvalue weighted by atomic mass is 10.1. The Morgan fingerprint density at radius 3 is 2.29 bits per heavy atom. The van der Waals surface area contributed by atoms with E-state index in [4.69, 9.17) is 5.73 Å². The number of H-pyrrole nitrogens is 1. The number of nitrogens with zero attached hydrogens (tertiary/aromatic N) is 1. The van der Waals surface area contributed by atoms with Gasteiger partial charge in [-0.1, -0.05) is 29.8 Å². The first-order chi connectivity index (χ1) is 6.68. The van der Waals surface area contributed by atoms with Crippen LogP contribution in [0.2, 0.25) is 0 Å². The van der Waals surface area contributed by atoms with Crippen LogP contribution in [0.25, 0.3) is 11.3 Å². The first-order valence-corrected chi connectivity index (χ1v) is 4.56. The number of nitrogen functional groups attached to an aromatic ring is 1. The highest BCUT2D eigenvalue weighted by Crippen LogP contribution is 2.25. The van der Waals surface area contributed by atoms with Crippen LogP contribution < -0.4 is 5.73 Å². The van der Waals surface area contributed by atoms with E-state index in [0.717, 1.165) is 22.6 Å². The second kappa shape index (κ2) is 3.18. The summed E-state index contributed by atoms with van der Waals surface area (Å²) in [6.45, 7) is 3.98. The highest BCUT2D eigenvalue weighted by molar-refractivity contribution is 5.73. The molecule has 1 heterocycles. The van der Waals surface area contributed by atoms with Crippen molar-refractivity contribution in [3.05, 3.63) is 35.5 Å². The van der Waals surface area contributed by atoms with Crippen LogP contribution in [-0.4, -0.2) is 10.2 Å². The number of aromatic nitrogens is 2. The van der Waals surface area contributed by atoms with Gasteiger partial charge in [-0.25, -0.2) is 0 Å². The molecule has 0 aliphatic heterocycles.